The highest BCUT2D eigenvalue weighted by atomic mass is 79.9. The summed E-state index contributed by atoms with van der Waals surface area (Å²) in [4.78, 5) is 4.47. The molecule has 3 rings (SSSR count). The summed E-state index contributed by atoms with van der Waals surface area (Å²) < 4.78 is 28.1. The number of rotatable bonds is 1. The molecule has 106 valence electrons. The van der Waals surface area contributed by atoms with Gasteiger partial charge in [0.2, 0.25) is 0 Å². The van der Waals surface area contributed by atoms with Crippen molar-refractivity contribution in [3.63, 3.8) is 0 Å². The molecular formula is C15H15BrF2N2. The maximum Gasteiger partial charge on any atom is 0.152 e. The number of nitrogens with zero attached hydrogens (tertiary/aromatic N) is 1. The van der Waals surface area contributed by atoms with Gasteiger partial charge in [-0.15, -0.1) is 0 Å². The quantitative estimate of drug-likeness (QED) is 0.606. The van der Waals surface area contributed by atoms with E-state index in [1.807, 2.05) is 0 Å². The lowest BCUT2D eigenvalue weighted by Gasteiger charge is -2.16. The average molecular weight is 341 g/mol. The van der Waals surface area contributed by atoms with Gasteiger partial charge in [-0.05, 0) is 47.2 Å². The van der Waals surface area contributed by atoms with Crippen LogP contribution in [0.3, 0.4) is 0 Å². The van der Waals surface area contributed by atoms with E-state index in [2.05, 4.69) is 26.2 Å². The predicted molar refractivity (Wildman–Crippen MR) is 80.2 cm³/mol. The van der Waals surface area contributed by atoms with Gasteiger partial charge in [-0.2, -0.15) is 0 Å². The second-order valence-electron chi connectivity index (χ2n) is 5.10. The highest BCUT2D eigenvalue weighted by molar-refractivity contribution is 9.10. The van der Waals surface area contributed by atoms with Gasteiger partial charge >= 0.3 is 0 Å². The minimum Gasteiger partial charge on any atom is -0.387 e. The van der Waals surface area contributed by atoms with Crippen LogP contribution in [0.2, 0.25) is 0 Å². The highest BCUT2D eigenvalue weighted by Gasteiger charge is 2.21. The number of aryl methyl sites for hydroxylation is 1. The summed E-state index contributed by atoms with van der Waals surface area (Å²) in [5.74, 6) is -1.20. The zero-order chi connectivity index (χ0) is 14.3. The second-order valence-corrected chi connectivity index (χ2v) is 5.89. The van der Waals surface area contributed by atoms with Crippen molar-refractivity contribution in [3.8, 4) is 0 Å². The van der Waals surface area contributed by atoms with Gasteiger partial charge in [0.1, 0.15) is 11.3 Å². The second kappa shape index (κ2) is 5.28. The predicted octanol–water partition coefficient (Wildman–Crippen LogP) is 4.59. The molecule has 0 unspecified atom stereocenters. The van der Waals surface area contributed by atoms with Gasteiger partial charge in [0, 0.05) is 29.9 Å². The van der Waals surface area contributed by atoms with E-state index in [-0.39, 0.29) is 9.99 Å². The lowest BCUT2D eigenvalue weighted by molar-refractivity contribution is 0.586. The Hall–Kier alpha value is -1.23. The molecule has 0 spiro atoms. The Morgan fingerprint density at radius 1 is 1.15 bits per heavy atom. The van der Waals surface area contributed by atoms with Crippen LogP contribution in [-0.4, -0.2) is 12.0 Å². The first kappa shape index (κ1) is 13.7. The lowest BCUT2D eigenvalue weighted by atomic mass is 10.0. The summed E-state index contributed by atoms with van der Waals surface area (Å²) in [6.45, 7) is 0. The smallest absolute Gasteiger partial charge is 0.152 e. The molecule has 1 aliphatic rings. The summed E-state index contributed by atoms with van der Waals surface area (Å²) in [5.41, 5.74) is 3.08. The van der Waals surface area contributed by atoms with Crippen molar-refractivity contribution in [2.45, 2.75) is 32.1 Å². The summed E-state index contributed by atoms with van der Waals surface area (Å²) in [7, 11) is 1.79. The summed E-state index contributed by atoms with van der Waals surface area (Å²) in [6, 6.07) is 0.891. The maximum absolute atomic E-state index is 14.1. The summed E-state index contributed by atoms with van der Waals surface area (Å²) >= 11 is 3.23. The minimum atomic E-state index is -0.607. The van der Waals surface area contributed by atoms with Crippen molar-refractivity contribution < 1.29 is 8.78 Å². The molecule has 0 saturated heterocycles. The van der Waals surface area contributed by atoms with Crippen LogP contribution in [-0.2, 0) is 12.8 Å². The molecule has 2 aromatic rings. The Balaban J connectivity index is 2.43. The standard InChI is InChI=1S/C15H15BrF2N2/c1-19-14-8-5-3-2-4-6-11(8)20-15-10(18)7-9(17)13(16)12(14)15/h7H,2-6H2,1H3,(H,19,20). The molecule has 1 aromatic heterocycles. The van der Waals surface area contributed by atoms with E-state index in [1.165, 1.54) is 0 Å². The van der Waals surface area contributed by atoms with Gasteiger partial charge in [-0.1, -0.05) is 6.42 Å². The number of hydrogen-bond donors (Lipinski definition) is 1. The first-order chi connectivity index (χ1) is 9.63. The fourth-order valence-electron chi connectivity index (χ4n) is 2.94. The molecule has 5 heteroatoms. The molecule has 1 aliphatic carbocycles. The Labute approximate surface area is 124 Å². The Morgan fingerprint density at radius 3 is 2.65 bits per heavy atom. The third-order valence-corrected chi connectivity index (χ3v) is 4.66. The van der Waals surface area contributed by atoms with Gasteiger partial charge in [-0.25, -0.2) is 13.8 Å². The number of hydrogen-bond acceptors (Lipinski definition) is 2. The Bertz CT molecular complexity index is 686. The molecule has 2 nitrogen and oxygen atoms in total. The number of halogens is 3. The van der Waals surface area contributed by atoms with Crippen LogP contribution >= 0.6 is 15.9 Å². The topological polar surface area (TPSA) is 24.9 Å². The van der Waals surface area contributed by atoms with Crippen LogP contribution in [0.15, 0.2) is 10.5 Å². The molecule has 0 amide bonds. The van der Waals surface area contributed by atoms with Crippen molar-refractivity contribution in [1.82, 2.24) is 4.98 Å². The van der Waals surface area contributed by atoms with E-state index in [1.54, 1.807) is 7.05 Å². The normalized spacial score (nSPS) is 15.0. The molecule has 1 aromatic carbocycles. The maximum atomic E-state index is 14.1. The van der Waals surface area contributed by atoms with Crippen LogP contribution in [0.4, 0.5) is 14.5 Å². The number of pyridine rings is 1. The first-order valence-corrected chi connectivity index (χ1v) is 7.59. The fourth-order valence-corrected chi connectivity index (χ4v) is 3.44. The van der Waals surface area contributed by atoms with Crippen LogP contribution < -0.4 is 5.32 Å². The van der Waals surface area contributed by atoms with Crippen LogP contribution in [0.5, 0.6) is 0 Å². The molecule has 20 heavy (non-hydrogen) atoms. The number of anilines is 1. The van der Waals surface area contributed by atoms with E-state index in [0.717, 1.165) is 55.1 Å². The molecule has 0 saturated carbocycles. The Morgan fingerprint density at radius 2 is 1.90 bits per heavy atom. The van der Waals surface area contributed by atoms with Gasteiger partial charge in [0.25, 0.3) is 0 Å². The van der Waals surface area contributed by atoms with Crippen molar-refractivity contribution in [1.29, 1.82) is 0 Å². The third-order valence-electron chi connectivity index (χ3n) is 3.88. The largest absolute Gasteiger partial charge is 0.387 e. The average Bonchev–Trinajstić information content (AvgIpc) is 2.67. The molecule has 0 bridgehead atoms. The molecule has 0 aliphatic heterocycles. The monoisotopic (exact) mass is 340 g/mol. The molecule has 0 radical (unpaired) electrons. The molecule has 0 atom stereocenters. The van der Waals surface area contributed by atoms with E-state index in [4.69, 9.17) is 0 Å². The lowest BCUT2D eigenvalue weighted by Crippen LogP contribution is -2.05. The van der Waals surface area contributed by atoms with E-state index >= 15 is 0 Å². The fraction of sp³-hybridized carbons (Fsp3) is 0.400. The molecule has 1 N–H and O–H groups in total. The van der Waals surface area contributed by atoms with Crippen molar-refractivity contribution in [2.75, 3.05) is 12.4 Å². The first-order valence-electron chi connectivity index (χ1n) is 6.80. The van der Waals surface area contributed by atoms with Gasteiger partial charge in [0.15, 0.2) is 5.82 Å². The summed E-state index contributed by atoms with van der Waals surface area (Å²) in [6.07, 6.45) is 5.06. The van der Waals surface area contributed by atoms with Gasteiger partial charge in [0.05, 0.1) is 4.47 Å². The highest BCUT2D eigenvalue weighted by Crippen LogP contribution is 2.38. The van der Waals surface area contributed by atoms with Crippen molar-refractivity contribution in [2.24, 2.45) is 0 Å². The molecular weight excluding hydrogens is 326 g/mol. The van der Waals surface area contributed by atoms with Crippen LogP contribution in [0, 0.1) is 11.6 Å². The number of aromatic nitrogens is 1. The van der Waals surface area contributed by atoms with E-state index in [0.29, 0.717) is 5.39 Å². The summed E-state index contributed by atoms with van der Waals surface area (Å²) in [5, 5.41) is 3.62. The SMILES string of the molecule is CNc1c2c(nc3c(F)cc(F)c(Br)c13)CCCCC2. The Kier molecular flexibility index (Phi) is 3.63. The van der Waals surface area contributed by atoms with Gasteiger partial charge in [-0.3, -0.25) is 0 Å². The third kappa shape index (κ3) is 2.08. The van der Waals surface area contributed by atoms with E-state index in [9.17, 15) is 8.78 Å². The van der Waals surface area contributed by atoms with Gasteiger partial charge < -0.3 is 5.32 Å². The number of nitrogens with one attached hydrogen (secondary N) is 1. The van der Waals surface area contributed by atoms with Crippen LogP contribution in [0.25, 0.3) is 10.9 Å². The number of fused-ring (bicyclic) bond motifs is 2. The van der Waals surface area contributed by atoms with Crippen molar-refractivity contribution >= 4 is 32.5 Å². The van der Waals surface area contributed by atoms with E-state index < -0.39 is 11.6 Å². The minimum absolute atomic E-state index is 0.239. The van der Waals surface area contributed by atoms with Crippen molar-refractivity contribution in [3.05, 3.63) is 33.4 Å². The van der Waals surface area contributed by atoms with Crippen LogP contribution in [0.1, 0.15) is 30.5 Å². The zero-order valence-corrected chi connectivity index (χ0v) is 12.8. The number of benzene rings is 1. The zero-order valence-electron chi connectivity index (χ0n) is 11.2. The molecule has 1 heterocycles. The molecule has 0 fully saturated rings.